The standard InChI is InChI=1S/C14H18N2O3/c1-9-4-5-10(7-12(9)17)14(19)16-6-2-3-11(8-16)13(15)18/h4-5,7,11,17H,2-3,6,8H2,1H3,(H2,15,18). The second-order valence-electron chi connectivity index (χ2n) is 4.99. The van der Waals surface area contributed by atoms with Crippen LogP contribution in [0.5, 0.6) is 5.75 Å². The van der Waals surface area contributed by atoms with Gasteiger partial charge in [-0.1, -0.05) is 6.07 Å². The molecule has 0 aliphatic carbocycles. The molecule has 3 N–H and O–H groups in total. The molecule has 1 fully saturated rings. The first-order valence-corrected chi connectivity index (χ1v) is 6.37. The van der Waals surface area contributed by atoms with E-state index in [0.29, 0.717) is 18.7 Å². The first kappa shape index (κ1) is 13.4. The third-order valence-electron chi connectivity index (χ3n) is 3.57. The van der Waals surface area contributed by atoms with Crippen LogP contribution < -0.4 is 5.73 Å². The number of phenols is 1. The summed E-state index contributed by atoms with van der Waals surface area (Å²) in [6, 6.07) is 4.86. The summed E-state index contributed by atoms with van der Waals surface area (Å²) in [5, 5.41) is 9.64. The van der Waals surface area contributed by atoms with Crippen LogP contribution in [0.4, 0.5) is 0 Å². The summed E-state index contributed by atoms with van der Waals surface area (Å²) >= 11 is 0. The van der Waals surface area contributed by atoms with E-state index >= 15 is 0 Å². The maximum atomic E-state index is 12.3. The fraction of sp³-hybridized carbons (Fsp3) is 0.429. The lowest BCUT2D eigenvalue weighted by Crippen LogP contribution is -2.44. The van der Waals surface area contributed by atoms with E-state index in [-0.39, 0.29) is 23.5 Å². The molecule has 0 spiro atoms. The van der Waals surface area contributed by atoms with Crippen molar-refractivity contribution in [2.75, 3.05) is 13.1 Å². The molecule has 102 valence electrons. The van der Waals surface area contributed by atoms with Crippen LogP contribution in [0.25, 0.3) is 0 Å². The maximum Gasteiger partial charge on any atom is 0.254 e. The Balaban J connectivity index is 2.14. The predicted octanol–water partition coefficient (Wildman–Crippen LogP) is 1.04. The van der Waals surface area contributed by atoms with Gasteiger partial charge in [-0.25, -0.2) is 0 Å². The Kier molecular flexibility index (Phi) is 3.74. The van der Waals surface area contributed by atoms with Crippen molar-refractivity contribution in [2.24, 2.45) is 11.7 Å². The van der Waals surface area contributed by atoms with Gasteiger partial charge < -0.3 is 15.7 Å². The van der Waals surface area contributed by atoms with Gasteiger partial charge in [0.15, 0.2) is 0 Å². The van der Waals surface area contributed by atoms with Crippen molar-refractivity contribution in [1.82, 2.24) is 4.90 Å². The van der Waals surface area contributed by atoms with Crippen LogP contribution in [0.3, 0.4) is 0 Å². The number of hydrogen-bond donors (Lipinski definition) is 2. The first-order chi connectivity index (χ1) is 8.99. The number of amides is 2. The molecule has 5 heteroatoms. The smallest absolute Gasteiger partial charge is 0.254 e. The number of piperidine rings is 1. The largest absolute Gasteiger partial charge is 0.508 e. The van der Waals surface area contributed by atoms with Crippen LogP contribution in [-0.2, 0) is 4.79 Å². The van der Waals surface area contributed by atoms with Crippen molar-refractivity contribution in [1.29, 1.82) is 0 Å². The van der Waals surface area contributed by atoms with E-state index in [1.165, 1.54) is 6.07 Å². The monoisotopic (exact) mass is 262 g/mol. The Morgan fingerprint density at radius 1 is 1.42 bits per heavy atom. The number of benzene rings is 1. The molecule has 1 atom stereocenters. The number of primary amides is 1. The normalized spacial score (nSPS) is 19.2. The Morgan fingerprint density at radius 3 is 2.79 bits per heavy atom. The number of carbonyl (C=O) groups is 2. The summed E-state index contributed by atoms with van der Waals surface area (Å²) in [4.78, 5) is 25.1. The van der Waals surface area contributed by atoms with Crippen molar-refractivity contribution in [3.63, 3.8) is 0 Å². The molecular weight excluding hydrogens is 244 g/mol. The fourth-order valence-corrected chi connectivity index (χ4v) is 2.32. The molecule has 1 aliphatic heterocycles. The number of aromatic hydroxyl groups is 1. The fourth-order valence-electron chi connectivity index (χ4n) is 2.32. The Labute approximate surface area is 112 Å². The van der Waals surface area contributed by atoms with E-state index in [4.69, 9.17) is 5.73 Å². The third kappa shape index (κ3) is 2.86. The molecule has 5 nitrogen and oxygen atoms in total. The van der Waals surface area contributed by atoms with Crippen molar-refractivity contribution in [2.45, 2.75) is 19.8 Å². The minimum absolute atomic E-state index is 0.106. The van der Waals surface area contributed by atoms with Crippen LogP contribution in [0.15, 0.2) is 18.2 Å². The van der Waals surface area contributed by atoms with E-state index in [0.717, 1.165) is 18.4 Å². The molecule has 0 aromatic heterocycles. The van der Waals surface area contributed by atoms with Crippen LogP contribution >= 0.6 is 0 Å². The highest BCUT2D eigenvalue weighted by atomic mass is 16.3. The summed E-state index contributed by atoms with van der Waals surface area (Å²) in [5.74, 6) is -0.684. The van der Waals surface area contributed by atoms with E-state index in [1.54, 1.807) is 24.0 Å². The second kappa shape index (κ2) is 5.30. The van der Waals surface area contributed by atoms with Crippen molar-refractivity contribution < 1.29 is 14.7 Å². The number of aryl methyl sites for hydroxylation is 1. The molecule has 1 aromatic rings. The molecule has 1 unspecified atom stereocenters. The van der Waals surface area contributed by atoms with E-state index < -0.39 is 0 Å². The van der Waals surface area contributed by atoms with E-state index in [2.05, 4.69) is 0 Å². The van der Waals surface area contributed by atoms with Gasteiger partial charge in [0.2, 0.25) is 5.91 Å². The molecule has 1 aliphatic rings. The molecule has 0 radical (unpaired) electrons. The number of carbonyl (C=O) groups excluding carboxylic acids is 2. The quantitative estimate of drug-likeness (QED) is 0.835. The highest BCUT2D eigenvalue weighted by Gasteiger charge is 2.27. The number of hydrogen-bond acceptors (Lipinski definition) is 3. The van der Waals surface area contributed by atoms with Gasteiger partial charge in [-0.3, -0.25) is 9.59 Å². The SMILES string of the molecule is Cc1ccc(C(=O)N2CCCC(C(N)=O)C2)cc1O. The summed E-state index contributed by atoms with van der Waals surface area (Å²) in [5.41, 5.74) is 6.46. The summed E-state index contributed by atoms with van der Waals surface area (Å²) in [7, 11) is 0. The van der Waals surface area contributed by atoms with Crippen molar-refractivity contribution in [3.05, 3.63) is 29.3 Å². The second-order valence-corrected chi connectivity index (χ2v) is 4.99. The lowest BCUT2D eigenvalue weighted by atomic mass is 9.97. The highest BCUT2D eigenvalue weighted by Crippen LogP contribution is 2.22. The van der Waals surface area contributed by atoms with Gasteiger partial charge in [0.1, 0.15) is 5.75 Å². The van der Waals surface area contributed by atoms with Crippen molar-refractivity contribution >= 4 is 11.8 Å². The number of likely N-dealkylation sites (tertiary alicyclic amines) is 1. The van der Waals surface area contributed by atoms with Gasteiger partial charge >= 0.3 is 0 Å². The molecule has 2 rings (SSSR count). The van der Waals surface area contributed by atoms with Gasteiger partial charge in [-0.05, 0) is 37.5 Å². The Morgan fingerprint density at radius 2 is 2.16 bits per heavy atom. The lowest BCUT2D eigenvalue weighted by Gasteiger charge is -2.31. The highest BCUT2D eigenvalue weighted by molar-refractivity contribution is 5.95. The summed E-state index contributed by atoms with van der Waals surface area (Å²) in [6.45, 7) is 2.76. The molecule has 2 amide bonds. The predicted molar refractivity (Wildman–Crippen MR) is 70.7 cm³/mol. The Bertz CT molecular complexity index is 513. The van der Waals surface area contributed by atoms with E-state index in [9.17, 15) is 14.7 Å². The van der Waals surface area contributed by atoms with Gasteiger partial charge in [0.05, 0.1) is 5.92 Å². The zero-order chi connectivity index (χ0) is 14.0. The number of nitrogens with two attached hydrogens (primary N) is 1. The zero-order valence-corrected chi connectivity index (χ0v) is 10.9. The van der Waals surface area contributed by atoms with Crippen LogP contribution in [-0.4, -0.2) is 34.9 Å². The van der Waals surface area contributed by atoms with Gasteiger partial charge in [0, 0.05) is 18.7 Å². The lowest BCUT2D eigenvalue weighted by molar-refractivity contribution is -0.123. The number of phenolic OH excluding ortho intramolecular Hbond substituents is 1. The average molecular weight is 262 g/mol. The number of rotatable bonds is 2. The average Bonchev–Trinajstić information content (AvgIpc) is 2.41. The third-order valence-corrected chi connectivity index (χ3v) is 3.57. The molecule has 1 aromatic carbocycles. The van der Waals surface area contributed by atoms with Crippen molar-refractivity contribution in [3.8, 4) is 5.75 Å². The molecule has 0 saturated carbocycles. The summed E-state index contributed by atoms with van der Waals surface area (Å²) in [6.07, 6.45) is 1.51. The topological polar surface area (TPSA) is 83.6 Å². The van der Waals surface area contributed by atoms with Gasteiger partial charge in [-0.15, -0.1) is 0 Å². The minimum atomic E-state index is -0.357. The Hall–Kier alpha value is -2.04. The van der Waals surface area contributed by atoms with Crippen LogP contribution in [0, 0.1) is 12.8 Å². The molecule has 1 heterocycles. The molecular formula is C14H18N2O3. The molecule has 0 bridgehead atoms. The van der Waals surface area contributed by atoms with Crippen LogP contribution in [0.1, 0.15) is 28.8 Å². The first-order valence-electron chi connectivity index (χ1n) is 6.37. The number of nitrogens with zero attached hydrogens (tertiary/aromatic N) is 1. The zero-order valence-electron chi connectivity index (χ0n) is 10.9. The van der Waals surface area contributed by atoms with E-state index in [1.807, 2.05) is 0 Å². The minimum Gasteiger partial charge on any atom is -0.508 e. The maximum absolute atomic E-state index is 12.3. The molecule has 1 saturated heterocycles. The van der Waals surface area contributed by atoms with Gasteiger partial charge in [0.25, 0.3) is 5.91 Å². The molecule has 19 heavy (non-hydrogen) atoms. The summed E-state index contributed by atoms with van der Waals surface area (Å²) < 4.78 is 0. The van der Waals surface area contributed by atoms with Crippen LogP contribution in [0.2, 0.25) is 0 Å². The van der Waals surface area contributed by atoms with Gasteiger partial charge in [-0.2, -0.15) is 0 Å².